The maximum Gasteiger partial charge on any atom is 0.335 e. The summed E-state index contributed by atoms with van der Waals surface area (Å²) < 4.78 is 10.3. The number of likely N-dealkylation sites (N-methyl/N-ethyl adjacent to an activating group) is 1. The van der Waals surface area contributed by atoms with E-state index >= 15 is 0 Å². The first-order chi connectivity index (χ1) is 5.74. The molecule has 1 aliphatic heterocycles. The number of carbonyl (C=O) groups is 1. The second kappa shape index (κ2) is 4.39. The first-order valence-electron chi connectivity index (χ1n) is 3.84. The van der Waals surface area contributed by atoms with Crippen LogP contribution in [0.5, 0.6) is 0 Å². The monoisotopic (exact) mass is 175 g/mol. The minimum Gasteiger partial charge on any atom is -0.479 e. The highest BCUT2D eigenvalue weighted by atomic mass is 16.6. The highest BCUT2D eigenvalue weighted by molar-refractivity contribution is 5.72. The summed E-state index contributed by atoms with van der Waals surface area (Å²) in [6.45, 7) is 1.17. The number of carboxylic acid groups (broad SMARTS) is 1. The summed E-state index contributed by atoms with van der Waals surface area (Å²) in [5.41, 5.74) is 0. The minimum atomic E-state index is -0.960. The Morgan fingerprint density at radius 1 is 1.58 bits per heavy atom. The van der Waals surface area contributed by atoms with Gasteiger partial charge in [-0.1, -0.05) is 0 Å². The highest BCUT2D eigenvalue weighted by Gasteiger charge is 2.26. The Morgan fingerprint density at radius 2 is 2.33 bits per heavy atom. The third-order valence-electron chi connectivity index (χ3n) is 1.67. The van der Waals surface area contributed by atoms with Crippen LogP contribution in [0.4, 0.5) is 0 Å². The van der Waals surface area contributed by atoms with Gasteiger partial charge < -0.3 is 19.9 Å². The molecular weight excluding hydrogens is 162 g/mol. The molecule has 0 spiro atoms. The van der Waals surface area contributed by atoms with Gasteiger partial charge in [0.2, 0.25) is 0 Å². The topological polar surface area (TPSA) is 67.8 Å². The zero-order valence-corrected chi connectivity index (χ0v) is 6.95. The van der Waals surface area contributed by atoms with E-state index in [4.69, 9.17) is 14.6 Å². The Hall–Kier alpha value is -0.650. The number of nitrogens with one attached hydrogen (secondary N) is 1. The van der Waals surface area contributed by atoms with Gasteiger partial charge >= 0.3 is 5.97 Å². The van der Waals surface area contributed by atoms with Gasteiger partial charge in [-0.3, -0.25) is 0 Å². The van der Waals surface area contributed by atoms with E-state index in [9.17, 15) is 4.79 Å². The predicted molar refractivity (Wildman–Crippen MR) is 41.0 cm³/mol. The fourth-order valence-electron chi connectivity index (χ4n) is 1.03. The van der Waals surface area contributed by atoms with Crippen LogP contribution >= 0.6 is 0 Å². The molecule has 0 amide bonds. The molecule has 1 heterocycles. The van der Waals surface area contributed by atoms with E-state index in [0.717, 1.165) is 0 Å². The number of carboxylic acids is 1. The molecule has 0 aromatic carbocycles. The van der Waals surface area contributed by atoms with Crippen molar-refractivity contribution in [2.75, 3.05) is 26.8 Å². The van der Waals surface area contributed by atoms with Crippen LogP contribution in [0.3, 0.4) is 0 Å². The average Bonchev–Trinajstić information content (AvgIpc) is 2.06. The normalized spacial score (nSPS) is 30.1. The molecular formula is C7H13NO4. The SMILES string of the molecule is CNCC1COC(C(=O)O)CO1. The molecule has 5 nitrogen and oxygen atoms in total. The fraction of sp³-hybridized carbons (Fsp3) is 0.857. The van der Waals surface area contributed by atoms with Gasteiger partial charge in [0.1, 0.15) is 0 Å². The van der Waals surface area contributed by atoms with Crippen LogP contribution in [0.15, 0.2) is 0 Å². The van der Waals surface area contributed by atoms with Gasteiger partial charge in [-0.2, -0.15) is 0 Å². The summed E-state index contributed by atoms with van der Waals surface area (Å²) in [5, 5.41) is 11.5. The first kappa shape index (κ1) is 9.44. The molecule has 2 atom stereocenters. The molecule has 2 unspecified atom stereocenters. The van der Waals surface area contributed by atoms with E-state index in [1.807, 2.05) is 7.05 Å². The largest absolute Gasteiger partial charge is 0.479 e. The second-order valence-electron chi connectivity index (χ2n) is 2.67. The molecule has 0 saturated carbocycles. The smallest absolute Gasteiger partial charge is 0.335 e. The lowest BCUT2D eigenvalue weighted by Gasteiger charge is -2.26. The van der Waals surface area contributed by atoms with Gasteiger partial charge in [-0.15, -0.1) is 0 Å². The lowest BCUT2D eigenvalue weighted by Crippen LogP contribution is -2.43. The van der Waals surface area contributed by atoms with Crippen LogP contribution in [-0.2, 0) is 14.3 Å². The molecule has 1 fully saturated rings. The van der Waals surface area contributed by atoms with Gasteiger partial charge in [-0.05, 0) is 7.05 Å². The molecule has 0 aliphatic carbocycles. The third-order valence-corrected chi connectivity index (χ3v) is 1.67. The van der Waals surface area contributed by atoms with Crippen molar-refractivity contribution < 1.29 is 19.4 Å². The summed E-state index contributed by atoms with van der Waals surface area (Å²) in [4.78, 5) is 10.4. The molecule has 0 aromatic rings. The second-order valence-corrected chi connectivity index (χ2v) is 2.67. The van der Waals surface area contributed by atoms with Crippen LogP contribution in [0.25, 0.3) is 0 Å². The molecule has 1 rings (SSSR count). The Bertz CT molecular complexity index is 153. The Labute approximate surface area is 70.7 Å². The Morgan fingerprint density at radius 3 is 2.75 bits per heavy atom. The molecule has 12 heavy (non-hydrogen) atoms. The number of rotatable bonds is 3. The van der Waals surface area contributed by atoms with E-state index in [1.54, 1.807) is 0 Å². The van der Waals surface area contributed by atoms with Gasteiger partial charge in [0.25, 0.3) is 0 Å². The molecule has 1 saturated heterocycles. The number of aliphatic carboxylic acids is 1. The predicted octanol–water partition coefficient (Wildman–Crippen LogP) is -0.926. The highest BCUT2D eigenvalue weighted by Crippen LogP contribution is 2.06. The molecule has 5 heteroatoms. The van der Waals surface area contributed by atoms with Crippen LogP contribution in [0.1, 0.15) is 0 Å². The van der Waals surface area contributed by atoms with Gasteiger partial charge in [0.05, 0.1) is 19.3 Å². The Balaban J connectivity index is 2.25. The van der Waals surface area contributed by atoms with Crippen LogP contribution in [0, 0.1) is 0 Å². The summed E-state index contributed by atoms with van der Waals surface area (Å²) in [5.74, 6) is -0.960. The maximum atomic E-state index is 10.4. The van der Waals surface area contributed by atoms with Crippen molar-refractivity contribution in [3.63, 3.8) is 0 Å². The maximum absolute atomic E-state index is 10.4. The molecule has 1 aliphatic rings. The van der Waals surface area contributed by atoms with Crippen molar-refractivity contribution in [1.82, 2.24) is 5.32 Å². The molecule has 0 aromatic heterocycles. The Kier molecular flexibility index (Phi) is 3.46. The summed E-state index contributed by atoms with van der Waals surface area (Å²) in [6, 6.07) is 0. The van der Waals surface area contributed by atoms with E-state index in [1.165, 1.54) is 0 Å². The minimum absolute atomic E-state index is 0.0226. The van der Waals surface area contributed by atoms with Gasteiger partial charge in [0, 0.05) is 6.54 Å². The zero-order chi connectivity index (χ0) is 8.97. The van der Waals surface area contributed by atoms with Gasteiger partial charge in [0.15, 0.2) is 6.10 Å². The van der Waals surface area contributed by atoms with E-state index in [2.05, 4.69) is 5.32 Å². The lowest BCUT2D eigenvalue weighted by molar-refractivity contribution is -0.174. The van der Waals surface area contributed by atoms with Crippen LogP contribution < -0.4 is 5.32 Å². The van der Waals surface area contributed by atoms with Crippen LogP contribution in [-0.4, -0.2) is 50.1 Å². The van der Waals surface area contributed by atoms with E-state index in [0.29, 0.717) is 13.2 Å². The molecule has 0 radical (unpaired) electrons. The van der Waals surface area contributed by atoms with Crippen molar-refractivity contribution in [3.8, 4) is 0 Å². The molecule has 0 bridgehead atoms. The number of hydrogen-bond donors (Lipinski definition) is 2. The standard InChI is InChI=1S/C7H13NO4/c1-8-2-5-3-12-6(4-11-5)7(9)10/h5-6,8H,2-4H2,1H3,(H,9,10). The summed E-state index contributed by atoms with van der Waals surface area (Å²) >= 11 is 0. The molecule has 2 N–H and O–H groups in total. The quantitative estimate of drug-likeness (QED) is 0.580. The number of hydrogen-bond acceptors (Lipinski definition) is 4. The average molecular weight is 175 g/mol. The van der Waals surface area contributed by atoms with E-state index < -0.39 is 12.1 Å². The third kappa shape index (κ3) is 2.44. The van der Waals surface area contributed by atoms with Crippen molar-refractivity contribution in [2.45, 2.75) is 12.2 Å². The van der Waals surface area contributed by atoms with Crippen molar-refractivity contribution in [3.05, 3.63) is 0 Å². The van der Waals surface area contributed by atoms with E-state index in [-0.39, 0.29) is 12.7 Å². The lowest BCUT2D eigenvalue weighted by atomic mass is 10.3. The van der Waals surface area contributed by atoms with Crippen molar-refractivity contribution in [1.29, 1.82) is 0 Å². The van der Waals surface area contributed by atoms with Crippen molar-refractivity contribution >= 4 is 5.97 Å². The summed E-state index contributed by atoms with van der Waals surface area (Å²) in [7, 11) is 1.81. The summed E-state index contributed by atoms with van der Waals surface area (Å²) in [6.07, 6.45) is -0.816. The number of ether oxygens (including phenoxy) is 2. The van der Waals surface area contributed by atoms with Gasteiger partial charge in [-0.25, -0.2) is 4.79 Å². The molecule has 70 valence electrons. The fourth-order valence-corrected chi connectivity index (χ4v) is 1.03. The first-order valence-corrected chi connectivity index (χ1v) is 3.84. The zero-order valence-electron chi connectivity index (χ0n) is 6.95. The van der Waals surface area contributed by atoms with Crippen molar-refractivity contribution in [2.24, 2.45) is 0 Å². The van der Waals surface area contributed by atoms with Crippen LogP contribution in [0.2, 0.25) is 0 Å².